The van der Waals surface area contributed by atoms with Crippen LogP contribution in [0.4, 0.5) is 0 Å². The number of halogens is 1. The van der Waals surface area contributed by atoms with Crippen LogP contribution < -0.4 is 5.32 Å². The normalized spacial score (nSPS) is 27.0. The molecular weight excluding hydrogens is 306 g/mol. The monoisotopic (exact) mass is 325 g/mol. The third kappa shape index (κ3) is 3.72. The highest BCUT2D eigenvalue weighted by atomic mass is 79.9. The Morgan fingerprint density at radius 3 is 2.47 bits per heavy atom. The van der Waals surface area contributed by atoms with E-state index in [1.165, 1.54) is 12.5 Å². The Bertz CT molecular complexity index is 465. The molecule has 0 radical (unpaired) electrons. The minimum absolute atomic E-state index is 0.0954. The fourth-order valence-corrected chi connectivity index (χ4v) is 3.23. The second-order valence-electron chi connectivity index (χ2n) is 5.75. The van der Waals surface area contributed by atoms with Crippen molar-refractivity contribution in [3.8, 4) is 5.75 Å². The molecule has 0 aromatic heterocycles. The number of aromatic hydroxyl groups is 1. The lowest BCUT2D eigenvalue weighted by Crippen LogP contribution is -2.40. The smallest absolute Gasteiger partial charge is 0.251 e. The Hall–Kier alpha value is -1.03. The van der Waals surface area contributed by atoms with Gasteiger partial charge in [-0.2, -0.15) is 0 Å². The van der Waals surface area contributed by atoms with E-state index in [0.29, 0.717) is 21.9 Å². The fraction of sp³-hybridized carbons (Fsp3) is 0.533. The fourth-order valence-electron chi connectivity index (χ4n) is 2.99. The first-order valence-electron chi connectivity index (χ1n) is 6.75. The first kappa shape index (κ1) is 14.4. The van der Waals surface area contributed by atoms with Crippen molar-refractivity contribution in [3.63, 3.8) is 0 Å². The number of benzene rings is 1. The lowest BCUT2D eigenvalue weighted by Gasteiger charge is -2.32. The molecule has 1 fully saturated rings. The summed E-state index contributed by atoms with van der Waals surface area (Å²) in [5.41, 5.74) is 0.506. The van der Waals surface area contributed by atoms with Crippen LogP contribution in [0.3, 0.4) is 0 Å². The molecule has 4 heteroatoms. The molecule has 2 rings (SSSR count). The van der Waals surface area contributed by atoms with Crippen molar-refractivity contribution in [2.75, 3.05) is 0 Å². The van der Waals surface area contributed by atoms with Gasteiger partial charge in [0.05, 0.1) is 4.47 Å². The molecule has 3 nitrogen and oxygen atoms in total. The molecule has 1 aliphatic carbocycles. The molecule has 0 bridgehead atoms. The molecule has 19 heavy (non-hydrogen) atoms. The van der Waals surface area contributed by atoms with Gasteiger partial charge in [0.25, 0.3) is 5.91 Å². The number of rotatable bonds is 2. The van der Waals surface area contributed by atoms with Gasteiger partial charge in [-0.05, 0) is 65.2 Å². The highest BCUT2D eigenvalue weighted by Crippen LogP contribution is 2.29. The number of phenols is 1. The number of phenolic OH excluding ortho intramolecular Hbond substituents is 1. The average molecular weight is 326 g/mol. The summed E-state index contributed by atoms with van der Waals surface area (Å²) in [4.78, 5) is 12.2. The summed E-state index contributed by atoms with van der Waals surface area (Å²) < 4.78 is 0.601. The van der Waals surface area contributed by atoms with Gasteiger partial charge in [-0.15, -0.1) is 0 Å². The van der Waals surface area contributed by atoms with E-state index in [2.05, 4.69) is 35.1 Å². The van der Waals surface area contributed by atoms with Gasteiger partial charge in [0.1, 0.15) is 5.75 Å². The van der Waals surface area contributed by atoms with Gasteiger partial charge in [-0.3, -0.25) is 4.79 Å². The van der Waals surface area contributed by atoms with Crippen molar-refractivity contribution in [2.45, 2.75) is 39.2 Å². The third-order valence-corrected chi connectivity index (χ3v) is 4.39. The molecule has 1 aromatic carbocycles. The summed E-state index contributed by atoms with van der Waals surface area (Å²) in [6, 6.07) is 5.15. The molecule has 104 valence electrons. The molecule has 0 saturated heterocycles. The molecule has 1 aliphatic rings. The predicted octanol–water partition coefficient (Wildman–Crippen LogP) is 3.71. The van der Waals surface area contributed by atoms with E-state index in [0.717, 1.165) is 12.8 Å². The van der Waals surface area contributed by atoms with Crippen LogP contribution in [0.15, 0.2) is 22.7 Å². The van der Waals surface area contributed by atoms with E-state index in [1.807, 2.05) is 0 Å². The lowest BCUT2D eigenvalue weighted by molar-refractivity contribution is 0.0911. The number of amides is 1. The maximum absolute atomic E-state index is 12.2. The molecular formula is C15H20BrNO2. The van der Waals surface area contributed by atoms with Crippen LogP contribution in [0.1, 0.15) is 43.5 Å². The highest BCUT2D eigenvalue weighted by molar-refractivity contribution is 9.10. The molecule has 2 N–H and O–H groups in total. The number of carbonyl (C=O) groups is 1. The summed E-state index contributed by atoms with van der Waals surface area (Å²) in [7, 11) is 0. The van der Waals surface area contributed by atoms with Crippen LogP contribution in [0.25, 0.3) is 0 Å². The van der Waals surface area contributed by atoms with Crippen molar-refractivity contribution in [3.05, 3.63) is 28.2 Å². The van der Waals surface area contributed by atoms with Crippen LogP contribution in [-0.4, -0.2) is 17.1 Å². The molecule has 0 spiro atoms. The molecule has 1 aromatic rings. The minimum Gasteiger partial charge on any atom is -0.507 e. The van der Waals surface area contributed by atoms with Crippen LogP contribution in [-0.2, 0) is 0 Å². The molecule has 0 aliphatic heterocycles. The number of hydrogen-bond donors (Lipinski definition) is 2. The van der Waals surface area contributed by atoms with Gasteiger partial charge in [0.15, 0.2) is 0 Å². The molecule has 2 atom stereocenters. The SMILES string of the molecule is CC1CC(C)CC(NC(=O)c2ccc(Br)c(O)c2)C1. The number of nitrogens with one attached hydrogen (secondary N) is 1. The van der Waals surface area contributed by atoms with Crippen molar-refractivity contribution in [1.82, 2.24) is 5.32 Å². The van der Waals surface area contributed by atoms with Crippen molar-refractivity contribution >= 4 is 21.8 Å². The number of hydrogen-bond acceptors (Lipinski definition) is 2. The second kappa shape index (κ2) is 5.95. The lowest BCUT2D eigenvalue weighted by atomic mass is 9.80. The van der Waals surface area contributed by atoms with Crippen LogP contribution in [0, 0.1) is 11.8 Å². The van der Waals surface area contributed by atoms with Crippen molar-refractivity contribution < 1.29 is 9.90 Å². The second-order valence-corrected chi connectivity index (χ2v) is 6.61. The third-order valence-electron chi connectivity index (χ3n) is 3.72. The van der Waals surface area contributed by atoms with Gasteiger partial charge >= 0.3 is 0 Å². The first-order valence-corrected chi connectivity index (χ1v) is 7.54. The van der Waals surface area contributed by atoms with Gasteiger partial charge < -0.3 is 10.4 Å². The first-order chi connectivity index (χ1) is 8.95. The maximum atomic E-state index is 12.2. The summed E-state index contributed by atoms with van der Waals surface area (Å²) in [5.74, 6) is 1.31. The van der Waals surface area contributed by atoms with Crippen LogP contribution >= 0.6 is 15.9 Å². The highest BCUT2D eigenvalue weighted by Gasteiger charge is 2.25. The van der Waals surface area contributed by atoms with E-state index in [-0.39, 0.29) is 17.7 Å². The molecule has 1 saturated carbocycles. The molecule has 1 amide bonds. The quantitative estimate of drug-likeness (QED) is 0.870. The standard InChI is InChI=1S/C15H20BrNO2/c1-9-5-10(2)7-12(6-9)17-15(19)11-3-4-13(16)14(18)8-11/h3-4,8-10,12,18H,5-7H2,1-2H3,(H,17,19). The summed E-state index contributed by atoms with van der Waals surface area (Å²) in [6.45, 7) is 4.47. The van der Waals surface area contributed by atoms with Crippen molar-refractivity contribution in [1.29, 1.82) is 0 Å². The average Bonchev–Trinajstić information content (AvgIpc) is 2.31. The Balaban J connectivity index is 2.02. The van der Waals surface area contributed by atoms with Crippen LogP contribution in [0.2, 0.25) is 0 Å². The van der Waals surface area contributed by atoms with E-state index >= 15 is 0 Å². The van der Waals surface area contributed by atoms with Gasteiger partial charge in [0, 0.05) is 11.6 Å². The zero-order chi connectivity index (χ0) is 14.0. The Kier molecular flexibility index (Phi) is 4.50. The summed E-state index contributed by atoms with van der Waals surface area (Å²) in [6.07, 6.45) is 3.32. The zero-order valence-corrected chi connectivity index (χ0v) is 12.9. The number of carbonyl (C=O) groups excluding carboxylic acids is 1. The van der Waals surface area contributed by atoms with Gasteiger partial charge in [0.2, 0.25) is 0 Å². The largest absolute Gasteiger partial charge is 0.507 e. The zero-order valence-electron chi connectivity index (χ0n) is 11.3. The van der Waals surface area contributed by atoms with E-state index in [1.54, 1.807) is 12.1 Å². The van der Waals surface area contributed by atoms with Gasteiger partial charge in [-0.25, -0.2) is 0 Å². The predicted molar refractivity (Wildman–Crippen MR) is 79.2 cm³/mol. The maximum Gasteiger partial charge on any atom is 0.251 e. The topological polar surface area (TPSA) is 49.3 Å². The molecule has 2 unspecified atom stereocenters. The summed E-state index contributed by atoms with van der Waals surface area (Å²) in [5, 5.41) is 12.7. The summed E-state index contributed by atoms with van der Waals surface area (Å²) >= 11 is 3.21. The minimum atomic E-state index is -0.103. The molecule has 0 heterocycles. The Labute approximate surface area is 122 Å². The van der Waals surface area contributed by atoms with E-state index in [4.69, 9.17) is 0 Å². The Morgan fingerprint density at radius 2 is 1.89 bits per heavy atom. The Morgan fingerprint density at radius 1 is 1.26 bits per heavy atom. The van der Waals surface area contributed by atoms with Crippen molar-refractivity contribution in [2.24, 2.45) is 11.8 Å². The van der Waals surface area contributed by atoms with Crippen LogP contribution in [0.5, 0.6) is 5.75 Å². The van der Waals surface area contributed by atoms with E-state index < -0.39 is 0 Å². The van der Waals surface area contributed by atoms with Gasteiger partial charge in [-0.1, -0.05) is 13.8 Å². The van der Waals surface area contributed by atoms with E-state index in [9.17, 15) is 9.90 Å².